The van der Waals surface area contributed by atoms with Crippen molar-refractivity contribution in [1.82, 2.24) is 9.88 Å². The zero-order valence-corrected chi connectivity index (χ0v) is 16.8. The van der Waals surface area contributed by atoms with E-state index in [1.54, 1.807) is 0 Å². The smallest absolute Gasteiger partial charge is 0.0991 e. The first kappa shape index (κ1) is 17.5. The van der Waals surface area contributed by atoms with E-state index in [1.807, 2.05) is 23.5 Å². The minimum absolute atomic E-state index is 0.597. The third-order valence-electron chi connectivity index (χ3n) is 6.13. The second-order valence-electron chi connectivity index (χ2n) is 7.78. The molecule has 4 nitrogen and oxygen atoms in total. The van der Waals surface area contributed by atoms with Crippen LogP contribution in [0.3, 0.4) is 0 Å². The number of benzene rings is 1. The van der Waals surface area contributed by atoms with Crippen LogP contribution in [0.2, 0.25) is 0 Å². The predicted octanol–water partition coefficient (Wildman–Crippen LogP) is 4.25. The molecule has 2 aliphatic heterocycles. The number of rotatable bonds is 3. The summed E-state index contributed by atoms with van der Waals surface area (Å²) in [6.45, 7) is 4.33. The van der Waals surface area contributed by atoms with Crippen molar-refractivity contribution in [2.24, 2.45) is 0 Å². The molecule has 142 valence electrons. The number of fused-ring (bicyclic) bond motifs is 1. The third kappa shape index (κ3) is 3.33. The second-order valence-corrected chi connectivity index (χ2v) is 8.89. The van der Waals surface area contributed by atoms with Gasteiger partial charge in [-0.05, 0) is 49.3 Å². The van der Waals surface area contributed by atoms with E-state index in [9.17, 15) is 0 Å². The molecule has 1 aliphatic carbocycles. The van der Waals surface area contributed by atoms with Gasteiger partial charge in [-0.2, -0.15) is 5.26 Å². The summed E-state index contributed by atoms with van der Waals surface area (Å²) >= 11 is 1.97. The first-order valence-corrected chi connectivity index (χ1v) is 11.0. The number of nitrogens with zero attached hydrogens (tertiary/aromatic N) is 4. The molecule has 1 aromatic heterocycles. The summed E-state index contributed by atoms with van der Waals surface area (Å²) in [6, 6.07) is 10.2. The number of nitriles is 1. The molecule has 5 rings (SSSR count). The number of allylic oxidation sites excluding steroid dienone is 3. The van der Waals surface area contributed by atoms with Crippen LogP contribution in [0.5, 0.6) is 0 Å². The standard InChI is InChI=1S/C23H24N4S/c24-16-17-4-6-20(7-5-17)26-12-8-18(9-13-26)23-25-21-10-14-27(19-2-1-3-19)15-11-22(21)28-23/h1-7,18H,8-15H2. The number of thiazole rings is 1. The minimum atomic E-state index is 0.597. The summed E-state index contributed by atoms with van der Waals surface area (Å²) in [7, 11) is 0. The largest absolute Gasteiger partial charge is 0.371 e. The quantitative estimate of drug-likeness (QED) is 0.788. The number of hydrogen-bond acceptors (Lipinski definition) is 5. The summed E-state index contributed by atoms with van der Waals surface area (Å²) in [4.78, 5) is 11.5. The van der Waals surface area contributed by atoms with Crippen molar-refractivity contribution in [3.05, 3.63) is 69.3 Å². The highest BCUT2D eigenvalue weighted by Gasteiger charge is 2.26. The molecule has 0 spiro atoms. The minimum Gasteiger partial charge on any atom is -0.371 e. The zero-order chi connectivity index (χ0) is 18.9. The van der Waals surface area contributed by atoms with Gasteiger partial charge in [-0.15, -0.1) is 11.3 Å². The third-order valence-corrected chi connectivity index (χ3v) is 7.45. The van der Waals surface area contributed by atoms with Crippen LogP contribution >= 0.6 is 11.3 Å². The van der Waals surface area contributed by atoms with Crippen LogP contribution in [0, 0.1) is 11.3 Å². The maximum Gasteiger partial charge on any atom is 0.0991 e. The number of anilines is 1. The maximum absolute atomic E-state index is 8.97. The van der Waals surface area contributed by atoms with Crippen molar-refractivity contribution in [2.45, 2.75) is 31.6 Å². The fourth-order valence-corrected chi connectivity index (χ4v) is 5.61. The first-order valence-electron chi connectivity index (χ1n) is 10.2. The molecular formula is C23H24N4S. The summed E-state index contributed by atoms with van der Waals surface area (Å²) in [5.74, 6) is 0.597. The topological polar surface area (TPSA) is 43.2 Å². The summed E-state index contributed by atoms with van der Waals surface area (Å²) in [6.07, 6.45) is 11.1. The summed E-state index contributed by atoms with van der Waals surface area (Å²) < 4.78 is 0. The fraction of sp³-hybridized carbons (Fsp3) is 0.391. The van der Waals surface area contributed by atoms with Gasteiger partial charge in [-0.3, -0.25) is 0 Å². The lowest BCUT2D eigenvalue weighted by molar-refractivity contribution is 0.369. The molecule has 28 heavy (non-hydrogen) atoms. The van der Waals surface area contributed by atoms with E-state index in [4.69, 9.17) is 10.2 Å². The van der Waals surface area contributed by atoms with Gasteiger partial charge >= 0.3 is 0 Å². The normalized spacial score (nSPS) is 19.5. The Hall–Kier alpha value is -2.58. The number of piperidine rings is 1. The molecule has 5 heteroatoms. The van der Waals surface area contributed by atoms with E-state index in [-0.39, 0.29) is 0 Å². The molecule has 1 fully saturated rings. The van der Waals surface area contributed by atoms with Crippen molar-refractivity contribution < 1.29 is 0 Å². The fourth-order valence-electron chi connectivity index (χ4n) is 4.34. The molecule has 3 aliphatic rings. The Morgan fingerprint density at radius 2 is 1.75 bits per heavy atom. The lowest BCUT2D eigenvalue weighted by Crippen LogP contribution is -2.32. The average molecular weight is 389 g/mol. The van der Waals surface area contributed by atoms with Crippen LogP contribution in [-0.2, 0) is 12.8 Å². The zero-order valence-electron chi connectivity index (χ0n) is 16.0. The Balaban J connectivity index is 1.21. The molecule has 0 bridgehead atoms. The van der Waals surface area contributed by atoms with Gasteiger partial charge in [0.2, 0.25) is 0 Å². The van der Waals surface area contributed by atoms with Crippen LogP contribution < -0.4 is 4.90 Å². The van der Waals surface area contributed by atoms with Gasteiger partial charge in [0.15, 0.2) is 0 Å². The van der Waals surface area contributed by atoms with Crippen molar-refractivity contribution >= 4 is 17.0 Å². The highest BCUT2D eigenvalue weighted by molar-refractivity contribution is 7.11. The van der Waals surface area contributed by atoms with Crippen LogP contribution in [0.15, 0.2) is 48.2 Å². The molecule has 0 amide bonds. The van der Waals surface area contributed by atoms with Crippen LogP contribution in [0.25, 0.3) is 0 Å². The summed E-state index contributed by atoms with van der Waals surface area (Å²) in [5.41, 5.74) is 4.68. The summed E-state index contributed by atoms with van der Waals surface area (Å²) in [5, 5.41) is 10.3. The molecule has 0 unspecified atom stereocenters. The van der Waals surface area contributed by atoms with Crippen LogP contribution in [0.4, 0.5) is 5.69 Å². The average Bonchev–Trinajstić information content (AvgIpc) is 3.02. The molecule has 1 aromatic carbocycles. The van der Waals surface area contributed by atoms with Gasteiger partial charge in [-0.1, -0.05) is 6.08 Å². The Morgan fingerprint density at radius 3 is 2.43 bits per heavy atom. The van der Waals surface area contributed by atoms with E-state index in [0.29, 0.717) is 5.92 Å². The van der Waals surface area contributed by atoms with Gasteiger partial charge < -0.3 is 9.80 Å². The van der Waals surface area contributed by atoms with Gasteiger partial charge in [0.25, 0.3) is 0 Å². The van der Waals surface area contributed by atoms with Crippen molar-refractivity contribution in [3.63, 3.8) is 0 Å². The van der Waals surface area contributed by atoms with Crippen molar-refractivity contribution in [2.75, 3.05) is 31.1 Å². The lowest BCUT2D eigenvalue weighted by Gasteiger charge is -2.33. The van der Waals surface area contributed by atoms with Crippen molar-refractivity contribution in [3.8, 4) is 6.07 Å². The van der Waals surface area contributed by atoms with Gasteiger partial charge in [0.05, 0.1) is 22.3 Å². The molecule has 0 radical (unpaired) electrons. The Bertz CT molecular complexity index is 930. The molecule has 2 aromatic rings. The van der Waals surface area contributed by atoms with E-state index < -0.39 is 0 Å². The number of aromatic nitrogens is 1. The van der Waals surface area contributed by atoms with E-state index in [2.05, 4.69) is 46.2 Å². The van der Waals surface area contributed by atoms with Crippen LogP contribution in [0.1, 0.15) is 39.9 Å². The van der Waals surface area contributed by atoms with E-state index in [0.717, 1.165) is 57.4 Å². The first-order chi connectivity index (χ1) is 13.8. The Morgan fingerprint density at radius 1 is 1.00 bits per heavy atom. The molecule has 0 atom stereocenters. The monoisotopic (exact) mass is 388 g/mol. The Kier molecular flexibility index (Phi) is 4.66. The highest BCUT2D eigenvalue weighted by Crippen LogP contribution is 2.35. The Labute approximate surface area is 170 Å². The molecule has 0 saturated carbocycles. The molecule has 3 heterocycles. The second kappa shape index (κ2) is 7.44. The van der Waals surface area contributed by atoms with Crippen LogP contribution in [-0.4, -0.2) is 36.1 Å². The van der Waals surface area contributed by atoms with E-state index >= 15 is 0 Å². The number of hydrogen-bond donors (Lipinski definition) is 0. The lowest BCUT2D eigenvalue weighted by atomic mass is 9.97. The predicted molar refractivity (Wildman–Crippen MR) is 114 cm³/mol. The van der Waals surface area contributed by atoms with Gasteiger partial charge in [0.1, 0.15) is 0 Å². The molecular weight excluding hydrogens is 364 g/mol. The highest BCUT2D eigenvalue weighted by atomic mass is 32.1. The molecule has 0 N–H and O–H groups in total. The van der Waals surface area contributed by atoms with E-state index in [1.165, 1.54) is 27.0 Å². The SMILES string of the molecule is N#Cc1ccc(N2CCC(c3nc4c(s3)CCN(C3=CC=C3)CC4)CC2)cc1. The molecule has 1 saturated heterocycles. The van der Waals surface area contributed by atoms with Gasteiger partial charge in [0, 0.05) is 61.2 Å². The van der Waals surface area contributed by atoms with Gasteiger partial charge in [-0.25, -0.2) is 4.98 Å². The van der Waals surface area contributed by atoms with Crippen molar-refractivity contribution in [1.29, 1.82) is 5.26 Å². The maximum atomic E-state index is 8.97.